The molecule has 1 amide bonds. The Labute approximate surface area is 106 Å². The van der Waals surface area contributed by atoms with Gasteiger partial charge in [-0.3, -0.25) is 4.79 Å². The molecule has 0 aromatic heterocycles. The predicted molar refractivity (Wildman–Crippen MR) is 71.9 cm³/mol. The molecule has 17 heavy (non-hydrogen) atoms. The minimum Gasteiger partial charge on any atom is -0.353 e. The SMILES string of the molecule is CCCC(C)NC(=O)CNC1C(C)(C)C1(C)C. The Kier molecular flexibility index (Phi) is 4.23. The first-order valence-electron chi connectivity index (χ1n) is 6.76. The molecule has 2 N–H and O–H groups in total. The van der Waals surface area contributed by atoms with Crippen molar-refractivity contribution < 1.29 is 4.79 Å². The van der Waals surface area contributed by atoms with Gasteiger partial charge in [0.2, 0.25) is 5.91 Å². The smallest absolute Gasteiger partial charge is 0.234 e. The third kappa shape index (κ3) is 3.01. The standard InChI is InChI=1S/C14H28N2O/c1-7-8-10(2)16-11(17)9-15-12-13(3,4)14(12,5)6/h10,12,15H,7-9H2,1-6H3,(H,16,17). The quantitative estimate of drug-likeness (QED) is 0.748. The molecule has 0 aromatic rings. The van der Waals surface area contributed by atoms with Crippen molar-refractivity contribution in [2.45, 2.75) is 66.5 Å². The maximum atomic E-state index is 11.7. The van der Waals surface area contributed by atoms with Crippen LogP contribution in [-0.2, 0) is 4.79 Å². The van der Waals surface area contributed by atoms with Crippen molar-refractivity contribution >= 4 is 5.91 Å². The van der Waals surface area contributed by atoms with Gasteiger partial charge in [0.05, 0.1) is 6.54 Å². The van der Waals surface area contributed by atoms with Crippen LogP contribution in [0.15, 0.2) is 0 Å². The Bertz CT molecular complexity index is 270. The van der Waals surface area contributed by atoms with Crippen LogP contribution in [0.3, 0.4) is 0 Å². The largest absolute Gasteiger partial charge is 0.353 e. The fraction of sp³-hybridized carbons (Fsp3) is 0.929. The van der Waals surface area contributed by atoms with Gasteiger partial charge < -0.3 is 10.6 Å². The normalized spacial score (nSPS) is 23.2. The number of carbonyl (C=O) groups is 1. The molecule has 0 spiro atoms. The molecule has 1 unspecified atom stereocenters. The average Bonchev–Trinajstić information content (AvgIpc) is 2.55. The van der Waals surface area contributed by atoms with Crippen molar-refractivity contribution in [2.24, 2.45) is 10.8 Å². The highest BCUT2D eigenvalue weighted by Crippen LogP contribution is 2.62. The van der Waals surface area contributed by atoms with Crippen molar-refractivity contribution in [2.75, 3.05) is 6.54 Å². The number of nitrogens with one attached hydrogen (secondary N) is 2. The first-order chi connectivity index (χ1) is 7.73. The van der Waals surface area contributed by atoms with E-state index >= 15 is 0 Å². The lowest BCUT2D eigenvalue weighted by Gasteiger charge is -2.13. The topological polar surface area (TPSA) is 41.1 Å². The molecule has 0 bridgehead atoms. The summed E-state index contributed by atoms with van der Waals surface area (Å²) in [7, 11) is 0. The molecular formula is C14H28N2O. The van der Waals surface area contributed by atoms with Crippen LogP contribution in [0.1, 0.15) is 54.4 Å². The van der Waals surface area contributed by atoms with E-state index in [0.717, 1.165) is 12.8 Å². The summed E-state index contributed by atoms with van der Waals surface area (Å²) in [5, 5.41) is 6.39. The number of amides is 1. The molecule has 3 heteroatoms. The van der Waals surface area contributed by atoms with Crippen LogP contribution in [0.2, 0.25) is 0 Å². The summed E-state index contributed by atoms with van der Waals surface area (Å²) in [6.45, 7) is 13.6. The zero-order chi connectivity index (χ0) is 13.3. The number of hydrogen-bond acceptors (Lipinski definition) is 2. The first-order valence-corrected chi connectivity index (χ1v) is 6.76. The van der Waals surface area contributed by atoms with Gasteiger partial charge in [-0.1, -0.05) is 41.0 Å². The average molecular weight is 240 g/mol. The summed E-state index contributed by atoms with van der Waals surface area (Å²) < 4.78 is 0. The van der Waals surface area contributed by atoms with Gasteiger partial charge in [0.15, 0.2) is 0 Å². The molecule has 1 aliphatic carbocycles. The van der Waals surface area contributed by atoms with Gasteiger partial charge in [-0.05, 0) is 24.2 Å². The van der Waals surface area contributed by atoms with Gasteiger partial charge in [0.1, 0.15) is 0 Å². The van der Waals surface area contributed by atoms with Gasteiger partial charge in [-0.25, -0.2) is 0 Å². The fourth-order valence-electron chi connectivity index (χ4n) is 2.73. The van der Waals surface area contributed by atoms with E-state index in [1.807, 2.05) is 0 Å². The zero-order valence-corrected chi connectivity index (χ0v) is 12.2. The van der Waals surface area contributed by atoms with E-state index in [1.54, 1.807) is 0 Å². The summed E-state index contributed by atoms with van der Waals surface area (Å²) in [6.07, 6.45) is 2.16. The molecule has 1 saturated carbocycles. The minimum atomic E-state index is 0.115. The molecule has 1 rings (SSSR count). The van der Waals surface area contributed by atoms with Gasteiger partial charge in [0.25, 0.3) is 0 Å². The van der Waals surface area contributed by atoms with Crippen molar-refractivity contribution in [3.63, 3.8) is 0 Å². The Morgan fingerprint density at radius 2 is 1.76 bits per heavy atom. The molecule has 3 nitrogen and oxygen atoms in total. The van der Waals surface area contributed by atoms with Gasteiger partial charge >= 0.3 is 0 Å². The van der Waals surface area contributed by atoms with Crippen LogP contribution in [0.4, 0.5) is 0 Å². The lowest BCUT2D eigenvalue weighted by atomic mass is 10.0. The number of rotatable bonds is 6. The van der Waals surface area contributed by atoms with E-state index in [0.29, 0.717) is 23.4 Å². The highest BCUT2D eigenvalue weighted by molar-refractivity contribution is 5.78. The third-order valence-corrected chi connectivity index (χ3v) is 4.62. The summed E-state index contributed by atoms with van der Waals surface area (Å²) in [5.41, 5.74) is 0.588. The third-order valence-electron chi connectivity index (χ3n) is 4.62. The predicted octanol–water partition coefficient (Wildman–Crippen LogP) is 2.32. The van der Waals surface area contributed by atoms with Crippen LogP contribution in [-0.4, -0.2) is 24.5 Å². The zero-order valence-electron chi connectivity index (χ0n) is 12.2. The molecule has 0 aromatic carbocycles. The molecule has 100 valence electrons. The molecule has 1 aliphatic rings. The van der Waals surface area contributed by atoms with Crippen molar-refractivity contribution in [1.29, 1.82) is 0 Å². The lowest BCUT2D eigenvalue weighted by molar-refractivity contribution is -0.120. The second kappa shape index (κ2) is 4.97. The van der Waals surface area contributed by atoms with Crippen LogP contribution in [0.25, 0.3) is 0 Å². The highest BCUT2D eigenvalue weighted by atomic mass is 16.1. The maximum Gasteiger partial charge on any atom is 0.234 e. The molecule has 0 aliphatic heterocycles. The maximum absolute atomic E-state index is 11.7. The second-order valence-electron chi connectivity index (χ2n) is 6.51. The van der Waals surface area contributed by atoms with Gasteiger partial charge in [-0.2, -0.15) is 0 Å². The van der Waals surface area contributed by atoms with Crippen LogP contribution in [0, 0.1) is 10.8 Å². The summed E-state index contributed by atoms with van der Waals surface area (Å²) in [4.78, 5) is 11.7. The van der Waals surface area contributed by atoms with Crippen molar-refractivity contribution in [3.8, 4) is 0 Å². The van der Waals surface area contributed by atoms with E-state index in [-0.39, 0.29) is 11.9 Å². The summed E-state index contributed by atoms with van der Waals surface area (Å²) >= 11 is 0. The Morgan fingerprint density at radius 1 is 1.24 bits per heavy atom. The van der Waals surface area contributed by atoms with Crippen LogP contribution < -0.4 is 10.6 Å². The molecule has 0 saturated heterocycles. The molecule has 0 heterocycles. The number of carbonyl (C=O) groups excluding carboxylic acids is 1. The van der Waals surface area contributed by atoms with E-state index in [4.69, 9.17) is 0 Å². The molecule has 1 fully saturated rings. The monoisotopic (exact) mass is 240 g/mol. The van der Waals surface area contributed by atoms with Gasteiger partial charge in [-0.15, -0.1) is 0 Å². The van der Waals surface area contributed by atoms with Gasteiger partial charge in [0, 0.05) is 12.1 Å². The molecule has 1 atom stereocenters. The Hall–Kier alpha value is -0.570. The van der Waals surface area contributed by atoms with E-state index in [1.165, 1.54) is 0 Å². The fourth-order valence-corrected chi connectivity index (χ4v) is 2.73. The minimum absolute atomic E-state index is 0.115. The summed E-state index contributed by atoms with van der Waals surface area (Å²) in [6, 6.07) is 0.733. The van der Waals surface area contributed by atoms with E-state index < -0.39 is 0 Å². The van der Waals surface area contributed by atoms with Crippen molar-refractivity contribution in [3.05, 3.63) is 0 Å². The van der Waals surface area contributed by atoms with E-state index in [9.17, 15) is 4.79 Å². The van der Waals surface area contributed by atoms with E-state index in [2.05, 4.69) is 52.2 Å². The lowest BCUT2D eigenvalue weighted by Crippen LogP contribution is -2.40. The highest BCUT2D eigenvalue weighted by Gasteiger charge is 2.64. The number of hydrogen-bond donors (Lipinski definition) is 2. The van der Waals surface area contributed by atoms with Crippen LogP contribution in [0.5, 0.6) is 0 Å². The molecular weight excluding hydrogens is 212 g/mol. The Balaban J connectivity index is 2.27. The Morgan fingerprint density at radius 3 is 2.18 bits per heavy atom. The van der Waals surface area contributed by atoms with Crippen molar-refractivity contribution in [1.82, 2.24) is 10.6 Å². The second-order valence-corrected chi connectivity index (χ2v) is 6.51. The summed E-state index contributed by atoms with van der Waals surface area (Å²) in [5.74, 6) is 0.115. The first kappa shape index (κ1) is 14.5. The van der Waals surface area contributed by atoms with Crippen LogP contribution >= 0.6 is 0 Å². The molecule has 0 radical (unpaired) electrons.